The van der Waals surface area contributed by atoms with Gasteiger partial charge in [0.25, 0.3) is 0 Å². The Morgan fingerprint density at radius 1 is 1.17 bits per heavy atom. The normalized spacial score (nSPS) is 40.7. The van der Waals surface area contributed by atoms with Crippen LogP contribution >= 0.6 is 0 Å². The maximum atomic E-state index is 11.7. The Labute approximate surface area is 110 Å². The Balaban J connectivity index is 2.09. The van der Waals surface area contributed by atoms with Crippen LogP contribution in [0.5, 0.6) is 0 Å². The van der Waals surface area contributed by atoms with Crippen molar-refractivity contribution in [1.82, 2.24) is 0 Å². The van der Waals surface area contributed by atoms with Crippen molar-refractivity contribution < 1.29 is 9.90 Å². The molecule has 0 aromatic carbocycles. The van der Waals surface area contributed by atoms with Crippen molar-refractivity contribution in [2.45, 2.75) is 69.9 Å². The molecule has 0 saturated heterocycles. The van der Waals surface area contributed by atoms with Gasteiger partial charge in [0.1, 0.15) is 0 Å². The number of rotatable bonds is 3. The minimum Gasteiger partial charge on any atom is -0.634 e. The smallest absolute Gasteiger partial charge is 0.0924 e. The lowest BCUT2D eigenvalue weighted by Crippen LogP contribution is -3.09. The third-order valence-electron chi connectivity index (χ3n) is 5.44. The van der Waals surface area contributed by atoms with Gasteiger partial charge in [0.15, 0.2) is 0 Å². The summed E-state index contributed by atoms with van der Waals surface area (Å²) in [5.41, 5.74) is -0.144. The van der Waals surface area contributed by atoms with Crippen LogP contribution in [-0.4, -0.2) is 18.7 Å². The highest BCUT2D eigenvalue weighted by molar-refractivity contribution is 4.94. The van der Waals surface area contributed by atoms with Crippen LogP contribution in [-0.2, 0) is 4.84 Å². The summed E-state index contributed by atoms with van der Waals surface area (Å²) in [5.74, 6) is 6.75. The van der Waals surface area contributed by atoms with Gasteiger partial charge in [-0.1, -0.05) is 19.8 Å². The number of quaternary nitrogens is 1. The van der Waals surface area contributed by atoms with Crippen LogP contribution in [0.2, 0.25) is 0 Å². The van der Waals surface area contributed by atoms with Crippen molar-refractivity contribution in [3.05, 3.63) is 5.21 Å². The molecule has 3 N–H and O–H groups in total. The molecule has 18 heavy (non-hydrogen) atoms. The van der Waals surface area contributed by atoms with Crippen LogP contribution in [0.3, 0.4) is 0 Å². The minimum absolute atomic E-state index is 0.144. The van der Waals surface area contributed by atoms with Gasteiger partial charge in [-0.2, -0.15) is 0 Å². The molecule has 0 spiro atoms. The van der Waals surface area contributed by atoms with Crippen LogP contribution in [0.1, 0.15) is 58.3 Å². The van der Waals surface area contributed by atoms with Crippen LogP contribution in [0.15, 0.2) is 0 Å². The van der Waals surface area contributed by atoms with Gasteiger partial charge < -0.3 is 10.3 Å². The summed E-state index contributed by atoms with van der Waals surface area (Å²) in [4.78, 5) is 5.51. The van der Waals surface area contributed by atoms with Crippen LogP contribution < -0.4 is 11.0 Å². The van der Waals surface area contributed by atoms with E-state index in [1.807, 2.05) is 0 Å². The summed E-state index contributed by atoms with van der Waals surface area (Å²) in [6.07, 6.45) is 9.11. The molecule has 0 bridgehead atoms. The highest BCUT2D eigenvalue weighted by Gasteiger charge is 2.44. The fourth-order valence-electron chi connectivity index (χ4n) is 4.16. The summed E-state index contributed by atoms with van der Waals surface area (Å²) in [6.45, 7) is 2.20. The largest absolute Gasteiger partial charge is 0.634 e. The molecule has 0 aliphatic heterocycles. The first kappa shape index (κ1) is 14.3. The molecule has 4 heteroatoms. The molecule has 2 rings (SSSR count). The number of hydrogen-bond donors (Lipinski definition) is 2. The van der Waals surface area contributed by atoms with E-state index in [2.05, 4.69) is 6.92 Å². The fourth-order valence-corrected chi connectivity index (χ4v) is 4.16. The SMILES string of the molecule is CC1CCC(ON)(C2CCCC2)CCC1[NH+](C)[O-]. The van der Waals surface area contributed by atoms with Gasteiger partial charge >= 0.3 is 0 Å². The Morgan fingerprint density at radius 3 is 2.33 bits per heavy atom. The molecule has 0 amide bonds. The maximum Gasteiger partial charge on any atom is 0.0924 e. The Hall–Kier alpha value is -0.160. The molecule has 4 atom stereocenters. The first-order valence-corrected chi connectivity index (χ1v) is 7.47. The van der Waals surface area contributed by atoms with Gasteiger partial charge in [-0.05, 0) is 38.0 Å². The van der Waals surface area contributed by atoms with Crippen LogP contribution in [0.4, 0.5) is 0 Å². The number of hydroxylamine groups is 2. The molecule has 4 unspecified atom stereocenters. The van der Waals surface area contributed by atoms with Crippen molar-refractivity contribution >= 4 is 0 Å². The van der Waals surface area contributed by atoms with Crippen LogP contribution in [0.25, 0.3) is 0 Å². The van der Waals surface area contributed by atoms with E-state index in [-0.39, 0.29) is 11.6 Å². The van der Waals surface area contributed by atoms with E-state index in [0.717, 1.165) is 25.7 Å². The quantitative estimate of drug-likeness (QED) is 0.592. The lowest BCUT2D eigenvalue weighted by Gasteiger charge is -2.36. The van der Waals surface area contributed by atoms with E-state index in [4.69, 9.17) is 10.7 Å². The number of nitrogens with two attached hydrogens (primary N) is 1. The number of nitrogens with one attached hydrogen (secondary N) is 1. The molecule has 2 aliphatic rings. The van der Waals surface area contributed by atoms with Crippen molar-refractivity contribution in [3.8, 4) is 0 Å². The zero-order chi connectivity index (χ0) is 13.2. The first-order chi connectivity index (χ1) is 8.59. The lowest BCUT2D eigenvalue weighted by molar-refractivity contribution is -0.859. The molecule has 2 aliphatic carbocycles. The Kier molecular flexibility index (Phi) is 4.64. The Morgan fingerprint density at radius 2 is 1.78 bits per heavy atom. The standard InChI is InChI=1S/C14H28N2O2/c1-11-7-9-14(18-15,12-5-3-4-6-12)10-8-13(11)16(2)17/h11-13,16H,3-10,15H2,1-2H3. The summed E-state index contributed by atoms with van der Waals surface area (Å²) in [7, 11) is 1.73. The fraction of sp³-hybridized carbons (Fsp3) is 1.00. The summed E-state index contributed by atoms with van der Waals surface area (Å²) < 4.78 is 0. The highest BCUT2D eigenvalue weighted by atomic mass is 16.6. The van der Waals surface area contributed by atoms with E-state index in [9.17, 15) is 5.21 Å². The lowest BCUT2D eigenvalue weighted by atomic mass is 9.80. The molecule has 2 fully saturated rings. The minimum atomic E-state index is -0.144. The van der Waals surface area contributed by atoms with Crippen molar-refractivity contribution in [2.24, 2.45) is 17.7 Å². The van der Waals surface area contributed by atoms with Gasteiger partial charge in [0.05, 0.1) is 18.7 Å². The van der Waals surface area contributed by atoms with Gasteiger partial charge in [-0.15, -0.1) is 0 Å². The van der Waals surface area contributed by atoms with Gasteiger partial charge in [-0.25, -0.2) is 5.90 Å². The van der Waals surface area contributed by atoms with E-state index < -0.39 is 0 Å². The predicted molar refractivity (Wildman–Crippen MR) is 71.6 cm³/mol. The van der Waals surface area contributed by atoms with Gasteiger partial charge in [-0.3, -0.25) is 4.84 Å². The zero-order valence-corrected chi connectivity index (χ0v) is 11.8. The van der Waals surface area contributed by atoms with Crippen LogP contribution in [0, 0.1) is 17.0 Å². The van der Waals surface area contributed by atoms with E-state index >= 15 is 0 Å². The molecule has 0 aromatic rings. The monoisotopic (exact) mass is 256 g/mol. The second-order valence-corrected chi connectivity index (χ2v) is 6.44. The predicted octanol–water partition coefficient (Wildman–Crippen LogP) is 1.40. The zero-order valence-electron chi connectivity index (χ0n) is 11.8. The van der Waals surface area contributed by atoms with Crippen molar-refractivity contribution in [1.29, 1.82) is 0 Å². The summed E-state index contributed by atoms with van der Waals surface area (Å²) in [5, 5.41) is 12.0. The molecule has 4 nitrogen and oxygen atoms in total. The highest BCUT2D eigenvalue weighted by Crippen LogP contribution is 2.44. The van der Waals surface area contributed by atoms with Gasteiger partial charge in [0.2, 0.25) is 0 Å². The molecular weight excluding hydrogens is 228 g/mol. The second-order valence-electron chi connectivity index (χ2n) is 6.44. The molecule has 106 valence electrons. The van der Waals surface area contributed by atoms with E-state index in [1.165, 1.54) is 25.7 Å². The molecule has 0 aromatic heterocycles. The third-order valence-corrected chi connectivity index (χ3v) is 5.44. The van der Waals surface area contributed by atoms with Crippen molar-refractivity contribution in [2.75, 3.05) is 7.05 Å². The van der Waals surface area contributed by atoms with E-state index in [1.54, 1.807) is 7.05 Å². The average molecular weight is 256 g/mol. The number of hydrogen-bond acceptors (Lipinski definition) is 3. The summed E-state index contributed by atoms with van der Waals surface area (Å²) >= 11 is 0. The third kappa shape index (κ3) is 2.72. The maximum absolute atomic E-state index is 11.7. The second kappa shape index (κ2) is 5.87. The Bertz CT molecular complexity index is 267. The average Bonchev–Trinajstić information content (AvgIpc) is 2.82. The molecule has 0 radical (unpaired) electrons. The summed E-state index contributed by atoms with van der Waals surface area (Å²) in [6, 6.07) is 0.212. The van der Waals surface area contributed by atoms with E-state index in [0.29, 0.717) is 16.9 Å². The topological polar surface area (TPSA) is 62.8 Å². The van der Waals surface area contributed by atoms with Crippen molar-refractivity contribution in [3.63, 3.8) is 0 Å². The van der Waals surface area contributed by atoms with Gasteiger partial charge in [0, 0.05) is 12.3 Å². The molecule has 0 heterocycles. The first-order valence-electron chi connectivity index (χ1n) is 7.47. The molecule has 2 saturated carbocycles. The molecular formula is C14H28N2O2.